The molecule has 0 spiro atoms. The summed E-state index contributed by atoms with van der Waals surface area (Å²) in [6, 6.07) is 15.2. The van der Waals surface area contributed by atoms with Crippen molar-refractivity contribution in [3.63, 3.8) is 0 Å². The maximum absolute atomic E-state index is 11.1. The summed E-state index contributed by atoms with van der Waals surface area (Å²) in [6.07, 6.45) is 5.48. The molecule has 0 radical (unpaired) electrons. The lowest BCUT2D eigenvalue weighted by Crippen LogP contribution is -2.02. The van der Waals surface area contributed by atoms with Crippen LogP contribution in [0.5, 0.6) is 5.75 Å². The summed E-state index contributed by atoms with van der Waals surface area (Å²) in [5, 5.41) is 8.03. The molecule has 0 unspecified atom stereocenters. The molecule has 0 bridgehead atoms. The predicted molar refractivity (Wildman–Crippen MR) is 93.3 cm³/mol. The van der Waals surface area contributed by atoms with E-state index in [2.05, 4.69) is 35.8 Å². The van der Waals surface area contributed by atoms with Crippen LogP contribution in [0.4, 0.5) is 0 Å². The minimum atomic E-state index is -0.481. The van der Waals surface area contributed by atoms with Crippen LogP contribution in [0.3, 0.4) is 0 Å². The Morgan fingerprint density at radius 1 is 1.00 bits per heavy atom. The van der Waals surface area contributed by atoms with Gasteiger partial charge in [-0.25, -0.2) is 4.79 Å². The van der Waals surface area contributed by atoms with Crippen LogP contribution in [0.15, 0.2) is 71.4 Å². The van der Waals surface area contributed by atoms with Gasteiger partial charge in [0.15, 0.2) is 0 Å². The van der Waals surface area contributed by atoms with Gasteiger partial charge in [0.05, 0.1) is 12.4 Å². The second-order valence-corrected chi connectivity index (χ2v) is 4.78. The van der Waals surface area contributed by atoms with Crippen molar-refractivity contribution >= 4 is 18.4 Å². The fourth-order valence-corrected chi connectivity index (χ4v) is 1.82. The van der Waals surface area contributed by atoms with Crippen molar-refractivity contribution in [2.24, 2.45) is 10.2 Å². The highest BCUT2D eigenvalue weighted by atomic mass is 16.5. The van der Waals surface area contributed by atoms with Crippen LogP contribution in [0.1, 0.15) is 23.6 Å². The molecule has 0 aliphatic rings. The Hall–Kier alpha value is -3.01. The maximum atomic E-state index is 11.1. The summed E-state index contributed by atoms with van der Waals surface area (Å²) in [4.78, 5) is 11.1. The molecule has 4 heteroatoms. The maximum Gasteiger partial charge on any atom is 0.335 e. The standard InChI is InChI=1S/C19H18N2O2/c1-3-15-5-7-16(8-6-15)13-20-21-14-17-9-11-18(12-10-17)23-19(22)4-2/h4-14H,2-3H2,1H3. The average molecular weight is 306 g/mol. The smallest absolute Gasteiger partial charge is 0.335 e. The molecular weight excluding hydrogens is 288 g/mol. The van der Waals surface area contributed by atoms with Crippen molar-refractivity contribution in [2.75, 3.05) is 0 Å². The zero-order valence-corrected chi connectivity index (χ0v) is 13.0. The van der Waals surface area contributed by atoms with E-state index in [1.807, 2.05) is 12.1 Å². The quantitative estimate of drug-likeness (QED) is 0.268. The Labute approximate surface area is 135 Å². The van der Waals surface area contributed by atoms with E-state index in [9.17, 15) is 4.79 Å². The monoisotopic (exact) mass is 306 g/mol. The fraction of sp³-hybridized carbons (Fsp3) is 0.105. The molecule has 4 nitrogen and oxygen atoms in total. The van der Waals surface area contributed by atoms with Gasteiger partial charge < -0.3 is 4.74 Å². The molecule has 2 aromatic rings. The number of hydrogen-bond donors (Lipinski definition) is 0. The minimum Gasteiger partial charge on any atom is -0.423 e. The van der Waals surface area contributed by atoms with Crippen LogP contribution in [0.25, 0.3) is 0 Å². The first kappa shape index (κ1) is 16.4. The Kier molecular flexibility index (Phi) is 6.00. The van der Waals surface area contributed by atoms with Gasteiger partial charge in [-0.1, -0.05) is 37.8 Å². The van der Waals surface area contributed by atoms with Crippen molar-refractivity contribution in [1.82, 2.24) is 0 Å². The average Bonchev–Trinajstić information content (AvgIpc) is 2.60. The molecule has 0 atom stereocenters. The molecular formula is C19H18N2O2. The molecule has 0 saturated heterocycles. The highest BCUT2D eigenvalue weighted by Gasteiger charge is 1.98. The summed E-state index contributed by atoms with van der Waals surface area (Å²) in [5.41, 5.74) is 3.16. The van der Waals surface area contributed by atoms with Crippen LogP contribution >= 0.6 is 0 Å². The fourth-order valence-electron chi connectivity index (χ4n) is 1.82. The SMILES string of the molecule is C=CC(=O)Oc1ccc(C=NN=Cc2ccc(CC)cc2)cc1. The van der Waals surface area contributed by atoms with Crippen LogP contribution in [0.2, 0.25) is 0 Å². The lowest BCUT2D eigenvalue weighted by Gasteiger charge is -2.00. The topological polar surface area (TPSA) is 51.0 Å². The molecule has 2 rings (SSSR count). The number of nitrogens with zero attached hydrogens (tertiary/aromatic N) is 2. The van der Waals surface area contributed by atoms with Crippen LogP contribution in [-0.2, 0) is 11.2 Å². The predicted octanol–water partition coefficient (Wildman–Crippen LogP) is 3.79. The highest BCUT2D eigenvalue weighted by Crippen LogP contribution is 2.11. The number of carbonyl (C=O) groups excluding carboxylic acids is 1. The lowest BCUT2D eigenvalue weighted by molar-refractivity contribution is -0.128. The third-order valence-electron chi connectivity index (χ3n) is 3.13. The Balaban J connectivity index is 1.92. The van der Waals surface area contributed by atoms with Gasteiger partial charge in [0.2, 0.25) is 0 Å². The highest BCUT2D eigenvalue weighted by molar-refractivity contribution is 5.84. The van der Waals surface area contributed by atoms with E-state index in [-0.39, 0.29) is 0 Å². The molecule has 0 aliphatic heterocycles. The van der Waals surface area contributed by atoms with Gasteiger partial charge >= 0.3 is 5.97 Å². The molecule has 0 saturated carbocycles. The van der Waals surface area contributed by atoms with Crippen LogP contribution < -0.4 is 4.74 Å². The molecule has 0 N–H and O–H groups in total. The molecule has 0 aliphatic carbocycles. The zero-order chi connectivity index (χ0) is 16.5. The summed E-state index contributed by atoms with van der Waals surface area (Å²) >= 11 is 0. The number of esters is 1. The van der Waals surface area contributed by atoms with Gasteiger partial charge in [-0.3, -0.25) is 0 Å². The Morgan fingerprint density at radius 2 is 1.52 bits per heavy atom. The van der Waals surface area contributed by atoms with Gasteiger partial charge in [0, 0.05) is 6.08 Å². The number of rotatable bonds is 6. The molecule has 0 heterocycles. The minimum absolute atomic E-state index is 0.464. The van der Waals surface area contributed by atoms with Crippen molar-refractivity contribution in [2.45, 2.75) is 13.3 Å². The van der Waals surface area contributed by atoms with Crippen LogP contribution in [-0.4, -0.2) is 18.4 Å². The van der Waals surface area contributed by atoms with Crippen molar-refractivity contribution < 1.29 is 9.53 Å². The summed E-state index contributed by atoms with van der Waals surface area (Å²) in [6.45, 7) is 5.47. The van der Waals surface area contributed by atoms with E-state index in [1.54, 1.807) is 36.7 Å². The van der Waals surface area contributed by atoms with Gasteiger partial charge in [-0.05, 0) is 47.4 Å². The lowest BCUT2D eigenvalue weighted by atomic mass is 10.1. The Bertz CT molecular complexity index is 714. The molecule has 0 fully saturated rings. The van der Waals surface area contributed by atoms with E-state index in [4.69, 9.17) is 4.74 Å². The zero-order valence-electron chi connectivity index (χ0n) is 13.0. The normalized spacial score (nSPS) is 11.0. The molecule has 2 aromatic carbocycles. The van der Waals surface area contributed by atoms with Gasteiger partial charge in [-0.2, -0.15) is 10.2 Å². The molecule has 0 aromatic heterocycles. The largest absolute Gasteiger partial charge is 0.423 e. The summed E-state index contributed by atoms with van der Waals surface area (Å²) < 4.78 is 4.99. The molecule has 116 valence electrons. The van der Waals surface area contributed by atoms with E-state index < -0.39 is 5.97 Å². The van der Waals surface area contributed by atoms with E-state index >= 15 is 0 Å². The van der Waals surface area contributed by atoms with Gasteiger partial charge in [0.1, 0.15) is 5.75 Å². The number of aryl methyl sites for hydroxylation is 1. The molecule has 0 amide bonds. The van der Waals surface area contributed by atoms with Crippen LogP contribution in [0, 0.1) is 0 Å². The van der Waals surface area contributed by atoms with Crippen molar-refractivity contribution in [1.29, 1.82) is 0 Å². The second kappa shape index (κ2) is 8.44. The number of hydrogen-bond acceptors (Lipinski definition) is 4. The third-order valence-corrected chi connectivity index (χ3v) is 3.13. The molecule has 23 heavy (non-hydrogen) atoms. The first-order chi connectivity index (χ1) is 11.2. The first-order valence-electron chi connectivity index (χ1n) is 7.31. The number of ether oxygens (including phenoxy) is 1. The first-order valence-corrected chi connectivity index (χ1v) is 7.31. The van der Waals surface area contributed by atoms with Crippen molar-refractivity contribution in [3.05, 3.63) is 77.9 Å². The number of benzene rings is 2. The Morgan fingerprint density at radius 3 is 2.00 bits per heavy atom. The second-order valence-electron chi connectivity index (χ2n) is 4.78. The van der Waals surface area contributed by atoms with Gasteiger partial charge in [0.25, 0.3) is 0 Å². The van der Waals surface area contributed by atoms with E-state index in [1.165, 1.54) is 5.56 Å². The third kappa shape index (κ3) is 5.36. The van der Waals surface area contributed by atoms with E-state index in [0.29, 0.717) is 5.75 Å². The summed E-state index contributed by atoms with van der Waals surface area (Å²) in [5.74, 6) is -0.0170. The van der Waals surface area contributed by atoms with Gasteiger partial charge in [-0.15, -0.1) is 0 Å². The number of carbonyl (C=O) groups is 1. The summed E-state index contributed by atoms with van der Waals surface area (Å²) in [7, 11) is 0. The van der Waals surface area contributed by atoms with Crippen molar-refractivity contribution in [3.8, 4) is 5.75 Å². The van der Waals surface area contributed by atoms with E-state index in [0.717, 1.165) is 23.6 Å².